The van der Waals surface area contributed by atoms with E-state index in [0.717, 1.165) is 28.8 Å². The Hall–Kier alpha value is -1.62. The van der Waals surface area contributed by atoms with Gasteiger partial charge in [0.1, 0.15) is 5.82 Å². The van der Waals surface area contributed by atoms with Crippen molar-refractivity contribution in [2.24, 2.45) is 0 Å². The van der Waals surface area contributed by atoms with Crippen LogP contribution < -0.4 is 10.6 Å². The number of nitrogen functional groups attached to an aromatic ring is 1. The first-order valence-corrected chi connectivity index (χ1v) is 6.92. The fraction of sp³-hybridized carbons (Fsp3) is 0.385. The van der Waals surface area contributed by atoms with Crippen LogP contribution in [0.1, 0.15) is 24.2 Å². The molecule has 4 nitrogen and oxygen atoms in total. The molecule has 94 valence electrons. The van der Waals surface area contributed by atoms with E-state index in [1.807, 2.05) is 25.1 Å². The number of nitrogens with zero attached hydrogens (tertiary/aromatic N) is 3. The van der Waals surface area contributed by atoms with Crippen LogP contribution in [0.5, 0.6) is 0 Å². The van der Waals surface area contributed by atoms with Crippen molar-refractivity contribution >= 4 is 22.4 Å². The van der Waals surface area contributed by atoms with Gasteiger partial charge in [-0.1, -0.05) is 18.2 Å². The zero-order chi connectivity index (χ0) is 12.5. The topological polar surface area (TPSA) is 55.0 Å². The molecule has 18 heavy (non-hydrogen) atoms. The van der Waals surface area contributed by atoms with Crippen LogP contribution in [0.25, 0.3) is 0 Å². The number of nitrogens with two attached hydrogens (primary N) is 1. The van der Waals surface area contributed by atoms with Crippen LogP contribution >= 0.6 is 11.5 Å². The van der Waals surface area contributed by atoms with E-state index in [0.29, 0.717) is 6.04 Å². The van der Waals surface area contributed by atoms with Crippen molar-refractivity contribution in [2.45, 2.75) is 32.4 Å². The van der Waals surface area contributed by atoms with Crippen LogP contribution in [0, 0.1) is 6.92 Å². The predicted octanol–water partition coefficient (Wildman–Crippen LogP) is 2.60. The number of para-hydroxylation sites is 1. The minimum atomic E-state index is 0.608. The second-order valence-corrected chi connectivity index (χ2v) is 5.41. The summed E-state index contributed by atoms with van der Waals surface area (Å²) in [7, 11) is 0. The highest BCUT2D eigenvalue weighted by Crippen LogP contribution is 2.34. The van der Waals surface area contributed by atoms with Gasteiger partial charge in [-0.2, -0.15) is 4.37 Å². The lowest BCUT2D eigenvalue weighted by Crippen LogP contribution is -2.25. The van der Waals surface area contributed by atoms with E-state index >= 15 is 0 Å². The summed E-state index contributed by atoms with van der Waals surface area (Å²) in [4.78, 5) is 6.82. The van der Waals surface area contributed by atoms with Gasteiger partial charge in [0.05, 0.1) is 0 Å². The van der Waals surface area contributed by atoms with Crippen molar-refractivity contribution in [3.05, 3.63) is 35.7 Å². The lowest BCUT2D eigenvalue weighted by molar-refractivity contribution is 0.789. The fourth-order valence-corrected chi connectivity index (χ4v) is 2.75. The first-order valence-electron chi connectivity index (χ1n) is 6.14. The Kier molecular flexibility index (Phi) is 2.91. The second kappa shape index (κ2) is 4.57. The van der Waals surface area contributed by atoms with Crippen molar-refractivity contribution in [1.82, 2.24) is 9.36 Å². The molecule has 0 atom stereocenters. The number of hydrogen-bond acceptors (Lipinski definition) is 5. The normalized spacial score (nSPS) is 14.7. The molecule has 0 spiro atoms. The standard InChI is InChI=1S/C13H16N4S/c1-9-15-13(18-16-9)17(11-6-7-11)8-10-4-2-3-5-12(10)14/h2-5,11H,6-8,14H2,1H3. The lowest BCUT2D eigenvalue weighted by atomic mass is 10.1. The number of anilines is 2. The largest absolute Gasteiger partial charge is 0.398 e. The molecule has 0 amide bonds. The molecule has 1 fully saturated rings. The van der Waals surface area contributed by atoms with Gasteiger partial charge < -0.3 is 10.6 Å². The Bertz CT molecular complexity index is 547. The maximum absolute atomic E-state index is 6.01. The first kappa shape index (κ1) is 11.5. The number of aromatic nitrogens is 2. The average molecular weight is 260 g/mol. The minimum Gasteiger partial charge on any atom is -0.398 e. The average Bonchev–Trinajstić information content (AvgIpc) is 3.11. The van der Waals surface area contributed by atoms with Gasteiger partial charge in [-0.15, -0.1) is 0 Å². The minimum absolute atomic E-state index is 0.608. The zero-order valence-electron chi connectivity index (χ0n) is 10.3. The summed E-state index contributed by atoms with van der Waals surface area (Å²) in [5.41, 5.74) is 8.03. The Morgan fingerprint density at radius 1 is 1.39 bits per heavy atom. The molecule has 0 saturated heterocycles. The molecular formula is C13H16N4S. The summed E-state index contributed by atoms with van der Waals surface area (Å²) >= 11 is 1.48. The van der Waals surface area contributed by atoms with Gasteiger partial charge in [0.2, 0.25) is 5.13 Å². The third-order valence-corrected chi connectivity index (χ3v) is 3.99. The highest BCUT2D eigenvalue weighted by Gasteiger charge is 2.31. The molecule has 3 rings (SSSR count). The molecule has 1 aliphatic carbocycles. The Morgan fingerprint density at radius 3 is 2.78 bits per heavy atom. The molecule has 0 radical (unpaired) electrons. The maximum Gasteiger partial charge on any atom is 0.205 e. The summed E-state index contributed by atoms with van der Waals surface area (Å²) in [6.45, 7) is 2.76. The molecule has 1 aromatic carbocycles. The SMILES string of the molecule is Cc1nsc(N(Cc2ccccc2N)C2CC2)n1. The number of benzene rings is 1. The van der Waals surface area contributed by atoms with E-state index in [1.165, 1.54) is 24.4 Å². The quantitative estimate of drug-likeness (QED) is 0.859. The molecule has 2 aromatic rings. The number of rotatable bonds is 4. The van der Waals surface area contributed by atoms with Crippen LogP contribution in [0.15, 0.2) is 24.3 Å². The summed E-state index contributed by atoms with van der Waals surface area (Å²) in [5, 5.41) is 1.01. The number of hydrogen-bond donors (Lipinski definition) is 1. The summed E-state index contributed by atoms with van der Waals surface area (Å²) in [5.74, 6) is 0.849. The van der Waals surface area contributed by atoms with Crippen molar-refractivity contribution < 1.29 is 0 Å². The van der Waals surface area contributed by atoms with Crippen LogP contribution in [-0.4, -0.2) is 15.4 Å². The summed E-state index contributed by atoms with van der Waals surface area (Å²) < 4.78 is 4.27. The van der Waals surface area contributed by atoms with Crippen molar-refractivity contribution in [1.29, 1.82) is 0 Å². The van der Waals surface area contributed by atoms with Crippen molar-refractivity contribution in [3.63, 3.8) is 0 Å². The molecule has 1 heterocycles. The molecule has 1 saturated carbocycles. The monoisotopic (exact) mass is 260 g/mol. The highest BCUT2D eigenvalue weighted by atomic mass is 32.1. The third-order valence-electron chi connectivity index (χ3n) is 3.15. The van der Waals surface area contributed by atoms with E-state index in [9.17, 15) is 0 Å². The molecule has 0 bridgehead atoms. The van der Waals surface area contributed by atoms with Gasteiger partial charge >= 0.3 is 0 Å². The van der Waals surface area contributed by atoms with Crippen LogP contribution in [-0.2, 0) is 6.54 Å². The van der Waals surface area contributed by atoms with Crippen LogP contribution in [0.3, 0.4) is 0 Å². The smallest absolute Gasteiger partial charge is 0.205 e. The van der Waals surface area contributed by atoms with Gasteiger partial charge in [-0.25, -0.2) is 4.98 Å². The van der Waals surface area contributed by atoms with Crippen molar-refractivity contribution in [2.75, 3.05) is 10.6 Å². The molecule has 2 N–H and O–H groups in total. The zero-order valence-corrected chi connectivity index (χ0v) is 11.2. The van der Waals surface area contributed by atoms with Crippen molar-refractivity contribution in [3.8, 4) is 0 Å². The first-order chi connectivity index (χ1) is 8.74. The molecule has 0 aliphatic heterocycles. The van der Waals surface area contributed by atoms with Gasteiger partial charge in [-0.3, -0.25) is 0 Å². The molecule has 1 aromatic heterocycles. The van der Waals surface area contributed by atoms with Gasteiger partial charge in [0.15, 0.2) is 0 Å². The van der Waals surface area contributed by atoms with Gasteiger partial charge in [0, 0.05) is 29.8 Å². The Morgan fingerprint density at radius 2 is 2.17 bits per heavy atom. The van der Waals surface area contributed by atoms with E-state index < -0.39 is 0 Å². The Balaban J connectivity index is 1.85. The fourth-order valence-electron chi connectivity index (χ4n) is 2.00. The molecule has 5 heteroatoms. The highest BCUT2D eigenvalue weighted by molar-refractivity contribution is 7.09. The van der Waals surface area contributed by atoms with E-state index in [-0.39, 0.29) is 0 Å². The summed E-state index contributed by atoms with van der Waals surface area (Å²) in [6, 6.07) is 8.64. The molecular weight excluding hydrogens is 244 g/mol. The third kappa shape index (κ3) is 2.31. The van der Waals surface area contributed by atoms with E-state index in [2.05, 4.69) is 20.3 Å². The predicted molar refractivity (Wildman–Crippen MR) is 74.7 cm³/mol. The summed E-state index contributed by atoms with van der Waals surface area (Å²) in [6.07, 6.45) is 2.48. The lowest BCUT2D eigenvalue weighted by Gasteiger charge is -2.21. The molecule has 0 unspecified atom stereocenters. The maximum atomic E-state index is 6.01. The second-order valence-electron chi connectivity index (χ2n) is 4.68. The van der Waals surface area contributed by atoms with Crippen LogP contribution in [0.2, 0.25) is 0 Å². The molecule has 1 aliphatic rings. The van der Waals surface area contributed by atoms with E-state index in [1.54, 1.807) is 0 Å². The number of aryl methyl sites for hydroxylation is 1. The van der Waals surface area contributed by atoms with Crippen LogP contribution in [0.4, 0.5) is 10.8 Å². The Labute approximate surface area is 111 Å². The van der Waals surface area contributed by atoms with E-state index in [4.69, 9.17) is 5.73 Å². The van der Waals surface area contributed by atoms with Gasteiger partial charge in [0.25, 0.3) is 0 Å². The van der Waals surface area contributed by atoms with Gasteiger partial charge in [-0.05, 0) is 31.4 Å².